The topological polar surface area (TPSA) is 76.4 Å². The van der Waals surface area contributed by atoms with E-state index in [1.807, 2.05) is 13.0 Å². The highest BCUT2D eigenvalue weighted by molar-refractivity contribution is 6.07. The lowest BCUT2D eigenvalue weighted by molar-refractivity contribution is -0.126. The van der Waals surface area contributed by atoms with Crippen molar-refractivity contribution >= 4 is 11.9 Å². The number of carbonyl (C=O) groups excluding carboxylic acids is 1. The first-order valence-electron chi connectivity index (χ1n) is 6.78. The van der Waals surface area contributed by atoms with Gasteiger partial charge in [-0.15, -0.1) is 0 Å². The van der Waals surface area contributed by atoms with E-state index in [9.17, 15) is 9.90 Å². The summed E-state index contributed by atoms with van der Waals surface area (Å²) in [5.74, 6) is 0.541. The second kappa shape index (κ2) is 5.15. The fourth-order valence-electron chi connectivity index (χ4n) is 2.77. The molecule has 1 aromatic rings. The van der Waals surface area contributed by atoms with Crippen molar-refractivity contribution in [2.75, 3.05) is 0 Å². The molecule has 5 nitrogen and oxygen atoms in total. The van der Waals surface area contributed by atoms with Crippen LogP contribution < -0.4 is 5.32 Å². The van der Waals surface area contributed by atoms with Crippen molar-refractivity contribution < 1.29 is 9.90 Å². The van der Waals surface area contributed by atoms with Gasteiger partial charge in [-0.25, -0.2) is 0 Å². The highest BCUT2D eigenvalue weighted by Crippen LogP contribution is 2.30. The Hall–Kier alpha value is -2.04. The fourth-order valence-corrected chi connectivity index (χ4v) is 2.77. The molecule has 1 aromatic carbocycles. The van der Waals surface area contributed by atoms with Gasteiger partial charge in [0.05, 0.1) is 0 Å². The molecule has 2 rings (SSSR count). The molecule has 1 saturated heterocycles. The Morgan fingerprint density at radius 1 is 1.45 bits per heavy atom. The Kier molecular flexibility index (Phi) is 3.70. The van der Waals surface area contributed by atoms with Gasteiger partial charge in [-0.2, -0.15) is 0 Å². The minimum Gasteiger partial charge on any atom is -0.508 e. The molecule has 20 heavy (non-hydrogen) atoms. The highest BCUT2D eigenvalue weighted by Gasteiger charge is 2.47. The second-order valence-corrected chi connectivity index (χ2v) is 5.93. The molecular weight excluding hydrogens is 254 g/mol. The number of phenolic OH excluding ortho intramolecular Hbond substituents is 1. The van der Waals surface area contributed by atoms with Crippen LogP contribution in [-0.4, -0.2) is 27.4 Å². The van der Waals surface area contributed by atoms with Crippen LogP contribution in [0.3, 0.4) is 0 Å². The molecule has 1 unspecified atom stereocenters. The van der Waals surface area contributed by atoms with E-state index in [2.05, 4.69) is 19.2 Å². The first-order valence-corrected chi connectivity index (χ1v) is 6.78. The van der Waals surface area contributed by atoms with Gasteiger partial charge in [0.1, 0.15) is 11.3 Å². The van der Waals surface area contributed by atoms with Crippen LogP contribution in [-0.2, 0) is 11.3 Å². The normalized spacial score (nSPS) is 22.5. The molecule has 1 aliphatic rings. The summed E-state index contributed by atoms with van der Waals surface area (Å²) in [4.78, 5) is 13.9. The number of phenols is 1. The van der Waals surface area contributed by atoms with Crippen molar-refractivity contribution in [3.8, 4) is 5.75 Å². The summed E-state index contributed by atoms with van der Waals surface area (Å²) in [5.41, 5.74) is 0.165. The number of rotatable bonds is 4. The van der Waals surface area contributed by atoms with Gasteiger partial charge >= 0.3 is 0 Å². The van der Waals surface area contributed by atoms with E-state index >= 15 is 0 Å². The standard InChI is InChI=1S/C15H21N3O2/c1-10(2)8-15(3)13(20)17-14(16)18(15)9-11-5-4-6-12(19)7-11/h4-7,10,19H,8-9H2,1-3H3,(H2,16,17,20). The summed E-state index contributed by atoms with van der Waals surface area (Å²) in [6, 6.07) is 6.91. The largest absolute Gasteiger partial charge is 0.508 e. The molecule has 1 heterocycles. The molecule has 0 saturated carbocycles. The average Bonchev–Trinajstić information content (AvgIpc) is 2.52. The molecule has 0 radical (unpaired) electrons. The van der Waals surface area contributed by atoms with Crippen molar-refractivity contribution in [3.63, 3.8) is 0 Å². The van der Waals surface area contributed by atoms with Crippen molar-refractivity contribution in [2.24, 2.45) is 5.92 Å². The van der Waals surface area contributed by atoms with E-state index in [-0.39, 0.29) is 17.6 Å². The Labute approximate surface area is 119 Å². The Bertz CT molecular complexity index is 542. The number of hydrogen-bond donors (Lipinski definition) is 3. The predicted molar refractivity (Wildman–Crippen MR) is 77.4 cm³/mol. The molecule has 0 aromatic heterocycles. The molecule has 5 heteroatoms. The Morgan fingerprint density at radius 3 is 2.75 bits per heavy atom. The van der Waals surface area contributed by atoms with Crippen LogP contribution in [0.4, 0.5) is 0 Å². The third kappa shape index (κ3) is 2.61. The Balaban J connectivity index is 2.27. The molecule has 0 aliphatic carbocycles. The quantitative estimate of drug-likeness (QED) is 0.787. The average molecular weight is 275 g/mol. The summed E-state index contributed by atoms with van der Waals surface area (Å²) in [5, 5.41) is 20.1. The molecule has 1 amide bonds. The lowest BCUT2D eigenvalue weighted by Crippen LogP contribution is -2.47. The summed E-state index contributed by atoms with van der Waals surface area (Å²) in [7, 11) is 0. The van der Waals surface area contributed by atoms with Crippen LogP contribution in [0.25, 0.3) is 0 Å². The number of nitrogens with zero attached hydrogens (tertiary/aromatic N) is 1. The van der Waals surface area contributed by atoms with E-state index in [4.69, 9.17) is 5.41 Å². The number of benzene rings is 1. The lowest BCUT2D eigenvalue weighted by atomic mass is 9.89. The minimum absolute atomic E-state index is 0.126. The van der Waals surface area contributed by atoms with E-state index in [1.54, 1.807) is 23.1 Å². The van der Waals surface area contributed by atoms with Crippen LogP contribution in [0, 0.1) is 11.3 Å². The smallest absolute Gasteiger partial charge is 0.252 e. The number of guanidine groups is 1. The van der Waals surface area contributed by atoms with E-state index in [0.29, 0.717) is 18.9 Å². The summed E-state index contributed by atoms with van der Waals surface area (Å²) in [6.45, 7) is 6.42. The monoisotopic (exact) mass is 275 g/mol. The zero-order valence-corrected chi connectivity index (χ0v) is 12.1. The van der Waals surface area contributed by atoms with Crippen molar-refractivity contribution in [2.45, 2.75) is 39.3 Å². The molecule has 108 valence electrons. The van der Waals surface area contributed by atoms with Gasteiger partial charge in [0.15, 0.2) is 5.96 Å². The first-order chi connectivity index (χ1) is 9.33. The van der Waals surface area contributed by atoms with Crippen molar-refractivity contribution in [1.82, 2.24) is 10.2 Å². The van der Waals surface area contributed by atoms with Gasteiger partial charge in [-0.3, -0.25) is 15.5 Å². The Morgan fingerprint density at radius 2 is 2.15 bits per heavy atom. The van der Waals surface area contributed by atoms with Gasteiger partial charge in [-0.05, 0) is 37.0 Å². The third-order valence-corrected chi connectivity index (χ3v) is 3.64. The van der Waals surface area contributed by atoms with E-state index in [0.717, 1.165) is 5.56 Å². The van der Waals surface area contributed by atoms with Gasteiger partial charge < -0.3 is 10.0 Å². The number of hydrogen-bond acceptors (Lipinski definition) is 3. The highest BCUT2D eigenvalue weighted by atomic mass is 16.3. The number of nitrogens with one attached hydrogen (secondary N) is 2. The van der Waals surface area contributed by atoms with Crippen LogP contribution in [0.15, 0.2) is 24.3 Å². The zero-order valence-electron chi connectivity index (χ0n) is 12.1. The number of carbonyl (C=O) groups is 1. The summed E-state index contributed by atoms with van der Waals surface area (Å²) >= 11 is 0. The number of aromatic hydroxyl groups is 1. The zero-order chi connectivity index (χ0) is 14.9. The molecule has 0 spiro atoms. The molecule has 1 atom stereocenters. The van der Waals surface area contributed by atoms with Crippen LogP contribution in [0.1, 0.15) is 32.8 Å². The second-order valence-electron chi connectivity index (χ2n) is 5.93. The molecular formula is C15H21N3O2. The van der Waals surface area contributed by atoms with Crippen molar-refractivity contribution in [3.05, 3.63) is 29.8 Å². The van der Waals surface area contributed by atoms with Gasteiger partial charge in [0, 0.05) is 6.54 Å². The maximum Gasteiger partial charge on any atom is 0.252 e. The maximum atomic E-state index is 12.2. The molecule has 1 aliphatic heterocycles. The summed E-state index contributed by atoms with van der Waals surface area (Å²) in [6.07, 6.45) is 0.681. The van der Waals surface area contributed by atoms with Crippen LogP contribution >= 0.6 is 0 Å². The molecule has 3 N–H and O–H groups in total. The summed E-state index contributed by atoms with van der Waals surface area (Å²) < 4.78 is 0. The molecule has 0 bridgehead atoms. The van der Waals surface area contributed by atoms with E-state index in [1.165, 1.54) is 0 Å². The van der Waals surface area contributed by atoms with Gasteiger partial charge in [0.25, 0.3) is 5.91 Å². The van der Waals surface area contributed by atoms with Crippen LogP contribution in [0.5, 0.6) is 5.75 Å². The third-order valence-electron chi connectivity index (χ3n) is 3.64. The molecule has 1 fully saturated rings. The first kappa shape index (κ1) is 14.4. The van der Waals surface area contributed by atoms with E-state index < -0.39 is 5.54 Å². The van der Waals surface area contributed by atoms with Crippen LogP contribution in [0.2, 0.25) is 0 Å². The fraction of sp³-hybridized carbons (Fsp3) is 0.467. The predicted octanol–water partition coefficient (Wildman–Crippen LogP) is 2.06. The van der Waals surface area contributed by atoms with Gasteiger partial charge in [0.2, 0.25) is 0 Å². The van der Waals surface area contributed by atoms with Gasteiger partial charge in [-0.1, -0.05) is 26.0 Å². The van der Waals surface area contributed by atoms with Crippen molar-refractivity contribution in [1.29, 1.82) is 5.41 Å². The maximum absolute atomic E-state index is 12.2. The number of amides is 1. The minimum atomic E-state index is -0.712. The lowest BCUT2D eigenvalue weighted by Gasteiger charge is -2.34. The SMILES string of the molecule is CC(C)CC1(C)C(=O)NC(=N)N1Cc1cccc(O)c1.